The molecule has 12 aliphatic carbocycles. The van der Waals surface area contributed by atoms with Crippen LogP contribution in [0.5, 0.6) is 0 Å². The zero-order valence-corrected chi connectivity index (χ0v) is 33.3. The summed E-state index contributed by atoms with van der Waals surface area (Å²) in [5.74, 6) is 3.39. The van der Waals surface area contributed by atoms with Gasteiger partial charge in [0, 0.05) is 81.6 Å². The molecule has 17 rings (SSSR count). The van der Waals surface area contributed by atoms with Crippen molar-refractivity contribution in [1.82, 2.24) is 19.9 Å². The Kier molecular flexibility index (Phi) is 7.35. The van der Waals surface area contributed by atoms with Gasteiger partial charge in [-0.15, -0.1) is 0 Å². The molecule has 16 bridgehead atoms. The fourth-order valence-corrected chi connectivity index (χ4v) is 13.6. The van der Waals surface area contributed by atoms with Crippen molar-refractivity contribution < 1.29 is 5.11 Å². The average Bonchev–Trinajstić information content (AvgIpc) is 4.06. The van der Waals surface area contributed by atoms with E-state index in [1.54, 1.807) is 11.1 Å². The van der Waals surface area contributed by atoms with Crippen molar-refractivity contribution in [2.45, 2.75) is 120 Å². The zero-order chi connectivity index (χ0) is 37.5. The van der Waals surface area contributed by atoms with Crippen molar-refractivity contribution in [2.24, 2.45) is 23.7 Å². The number of nitrogens with zero attached hydrogens (tertiary/aromatic N) is 2. The van der Waals surface area contributed by atoms with Gasteiger partial charge in [0.2, 0.25) is 0 Å². The van der Waals surface area contributed by atoms with Gasteiger partial charge < -0.3 is 15.1 Å². The number of aromatic nitrogens is 4. The Balaban J connectivity index is 1.22. The number of nitrogens with one attached hydrogen (secondary N) is 2. The number of aryl methyl sites for hydroxylation is 1. The van der Waals surface area contributed by atoms with E-state index in [1.165, 1.54) is 154 Å². The third kappa shape index (κ3) is 4.67. The molecule has 0 spiro atoms. The zero-order valence-electron chi connectivity index (χ0n) is 33.3. The number of rotatable bonds is 7. The molecule has 0 saturated heterocycles. The van der Waals surface area contributed by atoms with Crippen LogP contribution in [0.25, 0.3) is 44.4 Å². The molecule has 14 aliphatic rings. The van der Waals surface area contributed by atoms with Crippen molar-refractivity contribution in [3.63, 3.8) is 0 Å². The number of hydrogen-bond acceptors (Lipinski definition) is 3. The number of aliphatic hydroxyl groups is 1. The van der Waals surface area contributed by atoms with Gasteiger partial charge in [0.1, 0.15) is 0 Å². The highest BCUT2D eigenvalue weighted by atomic mass is 16.2. The van der Waals surface area contributed by atoms with Crippen LogP contribution in [0.15, 0.2) is 60.7 Å². The van der Waals surface area contributed by atoms with Crippen molar-refractivity contribution >= 4 is 44.4 Å². The molecule has 3 N–H and O–H groups in total. The highest BCUT2D eigenvalue weighted by molar-refractivity contribution is 6.02. The summed E-state index contributed by atoms with van der Waals surface area (Å²) >= 11 is 0. The van der Waals surface area contributed by atoms with Gasteiger partial charge in [-0.05, 0) is 146 Å². The van der Waals surface area contributed by atoms with E-state index in [-0.39, 0.29) is 6.61 Å². The molecule has 3 aromatic heterocycles. The molecule has 0 aromatic carbocycles. The smallest absolute Gasteiger partial charge is 0.0732 e. The molecule has 5 nitrogen and oxygen atoms in total. The van der Waals surface area contributed by atoms with E-state index in [4.69, 9.17) is 9.97 Å². The minimum absolute atomic E-state index is 0.219. The Bertz CT molecular complexity index is 2480. The summed E-state index contributed by atoms with van der Waals surface area (Å²) in [6.07, 6.45) is 35.8. The minimum atomic E-state index is 0.219. The van der Waals surface area contributed by atoms with Gasteiger partial charge in [0.15, 0.2) is 0 Å². The molecule has 0 radical (unpaired) electrons. The molecular formula is C52H54N4O. The topological polar surface area (TPSA) is 77.6 Å². The fraction of sp³-hybridized carbons (Fsp3) is 0.462. The summed E-state index contributed by atoms with van der Waals surface area (Å²) in [5, 5.41) is 10.1. The van der Waals surface area contributed by atoms with E-state index in [0.29, 0.717) is 47.3 Å². The van der Waals surface area contributed by atoms with Crippen molar-refractivity contribution in [3.8, 4) is 0 Å². The number of allylic oxidation sites excluding steroid dienone is 12. The number of fused-ring (bicyclic) bond motifs is 12. The van der Waals surface area contributed by atoms with Crippen LogP contribution < -0.4 is 0 Å². The molecule has 0 saturated carbocycles. The summed E-state index contributed by atoms with van der Waals surface area (Å²) < 4.78 is 0. The number of unbranched alkanes of at least 4 members (excludes halogenated alkanes) is 2. The first-order chi connectivity index (χ1) is 28.2. The van der Waals surface area contributed by atoms with Gasteiger partial charge in [-0.2, -0.15) is 0 Å². The van der Waals surface area contributed by atoms with Crippen LogP contribution in [0, 0.1) is 23.7 Å². The van der Waals surface area contributed by atoms with E-state index in [2.05, 4.69) is 77.6 Å². The van der Waals surface area contributed by atoms with Crippen LogP contribution in [0.4, 0.5) is 0 Å². The van der Waals surface area contributed by atoms with Crippen LogP contribution in [-0.2, 0) is 12.8 Å². The van der Waals surface area contributed by atoms with E-state index < -0.39 is 0 Å². The first kappa shape index (κ1) is 33.5. The largest absolute Gasteiger partial charge is 0.396 e. The quantitative estimate of drug-likeness (QED) is 0.166. The Labute approximate surface area is 335 Å². The predicted molar refractivity (Wildman–Crippen MR) is 232 cm³/mol. The first-order valence-electron chi connectivity index (χ1n) is 22.9. The summed E-state index contributed by atoms with van der Waals surface area (Å²) in [5.41, 5.74) is 25.1. The summed E-state index contributed by atoms with van der Waals surface area (Å²) in [6.45, 7) is 2.57. The van der Waals surface area contributed by atoms with Gasteiger partial charge in [-0.1, -0.05) is 62.0 Å². The second-order valence-corrected chi connectivity index (χ2v) is 19.1. The highest BCUT2D eigenvalue weighted by Crippen LogP contribution is 2.57. The van der Waals surface area contributed by atoms with Crippen molar-refractivity contribution in [3.05, 3.63) is 117 Å². The second kappa shape index (κ2) is 12.5. The van der Waals surface area contributed by atoms with E-state index >= 15 is 0 Å². The van der Waals surface area contributed by atoms with E-state index in [0.717, 1.165) is 25.7 Å². The molecule has 288 valence electrons. The molecule has 8 unspecified atom stereocenters. The molecule has 57 heavy (non-hydrogen) atoms. The number of aromatic amines is 2. The number of aliphatic hydroxyl groups excluding tert-OH is 1. The summed E-state index contributed by atoms with van der Waals surface area (Å²) in [6, 6.07) is 5.00. The van der Waals surface area contributed by atoms with Gasteiger partial charge >= 0.3 is 0 Å². The maximum absolute atomic E-state index is 10.1. The third-order valence-electron chi connectivity index (χ3n) is 16.1. The van der Waals surface area contributed by atoms with Crippen molar-refractivity contribution in [1.29, 1.82) is 0 Å². The highest BCUT2D eigenvalue weighted by Gasteiger charge is 2.43. The lowest BCUT2D eigenvalue weighted by molar-refractivity contribution is 0.284. The Morgan fingerprint density at radius 1 is 0.491 bits per heavy atom. The lowest BCUT2D eigenvalue weighted by Gasteiger charge is -2.34. The second-order valence-electron chi connectivity index (χ2n) is 19.1. The normalized spacial score (nSPS) is 30.1. The molecule has 2 aliphatic heterocycles. The number of hydrogen-bond donors (Lipinski definition) is 3. The molecule has 3 aromatic rings. The maximum atomic E-state index is 10.1. The molecule has 5 heterocycles. The fourth-order valence-electron chi connectivity index (χ4n) is 13.6. The van der Waals surface area contributed by atoms with E-state index in [1.807, 2.05) is 0 Å². The SMILES string of the molecule is CCCCc1c2[nH]c(cc3nc(c(CCCCO)c4nc(cc5[nH]c1c1c5C5C=CC1CC5)C1=C4C4C=CC1CC4)C1=C3C3C=CC1CC3)c1c2C2C=CC1CC2. The standard InChI is InChI=1S/C52H54N4O/c1-2-3-6-35-49-45-31-16-8-27(9-17-31)41(45)37(53-49)25-39-43-29-12-20-33(21-13-29)47(43)51(55-39)36(7-4-5-24-57)52-48-34-22-14-30(15-23-34)44(48)40(56-52)26-38-42-28-10-18-32(19-11-28)46(42)50(35)54-38/h8,10,12,14,16,18,20,22,25-34,53-54,57H,2-7,9,11,13,15,17,19,21,23-24H2,1H3. The van der Waals surface area contributed by atoms with Crippen molar-refractivity contribution in [2.75, 3.05) is 6.61 Å². The summed E-state index contributed by atoms with van der Waals surface area (Å²) in [4.78, 5) is 20.2. The van der Waals surface area contributed by atoms with Crippen LogP contribution in [0.3, 0.4) is 0 Å². The Morgan fingerprint density at radius 3 is 1.32 bits per heavy atom. The van der Waals surface area contributed by atoms with Gasteiger partial charge in [-0.25, -0.2) is 9.97 Å². The van der Waals surface area contributed by atoms with Crippen LogP contribution >= 0.6 is 0 Å². The molecule has 0 fully saturated rings. The molecule has 0 amide bonds. The first-order valence-corrected chi connectivity index (χ1v) is 22.9. The molecule has 8 atom stereocenters. The molecular weight excluding hydrogens is 697 g/mol. The third-order valence-corrected chi connectivity index (χ3v) is 16.1. The average molecular weight is 751 g/mol. The molecule has 5 heteroatoms. The summed E-state index contributed by atoms with van der Waals surface area (Å²) in [7, 11) is 0. The lowest BCUT2D eigenvalue weighted by Crippen LogP contribution is -2.20. The van der Waals surface area contributed by atoms with Gasteiger partial charge in [0.25, 0.3) is 0 Å². The number of H-pyrrole nitrogens is 2. The maximum Gasteiger partial charge on any atom is 0.0732 e. The van der Waals surface area contributed by atoms with Crippen LogP contribution in [0.1, 0.15) is 164 Å². The van der Waals surface area contributed by atoms with Gasteiger partial charge in [-0.3, -0.25) is 0 Å². The Hall–Kier alpha value is -4.48. The van der Waals surface area contributed by atoms with Crippen LogP contribution in [0.2, 0.25) is 0 Å². The predicted octanol–water partition coefficient (Wildman–Crippen LogP) is 12.0. The van der Waals surface area contributed by atoms with Gasteiger partial charge in [0.05, 0.1) is 22.8 Å². The van der Waals surface area contributed by atoms with E-state index in [9.17, 15) is 5.11 Å². The van der Waals surface area contributed by atoms with Crippen LogP contribution in [-0.4, -0.2) is 31.6 Å². The Morgan fingerprint density at radius 2 is 0.895 bits per heavy atom. The minimum Gasteiger partial charge on any atom is -0.396 e. The monoisotopic (exact) mass is 750 g/mol. The lowest BCUT2D eigenvalue weighted by atomic mass is 9.68.